The number of benzene rings is 1. The van der Waals surface area contributed by atoms with Crippen molar-refractivity contribution in [2.24, 2.45) is 0 Å². The van der Waals surface area contributed by atoms with E-state index in [9.17, 15) is 4.79 Å². The third-order valence-corrected chi connectivity index (χ3v) is 4.85. The Morgan fingerprint density at radius 1 is 1.27 bits per heavy atom. The van der Waals surface area contributed by atoms with Crippen molar-refractivity contribution in [3.05, 3.63) is 52.8 Å². The molecule has 4 rings (SSSR count). The molecule has 1 heterocycles. The molecule has 1 fully saturated rings. The van der Waals surface area contributed by atoms with Crippen molar-refractivity contribution in [3.8, 4) is 0 Å². The van der Waals surface area contributed by atoms with Gasteiger partial charge in [-0.2, -0.15) is 5.10 Å². The summed E-state index contributed by atoms with van der Waals surface area (Å²) in [6.45, 7) is 0.696. The molecule has 0 aliphatic heterocycles. The van der Waals surface area contributed by atoms with Gasteiger partial charge in [0.1, 0.15) is 5.69 Å². The molecule has 2 aliphatic rings. The Balaban J connectivity index is 1.41. The minimum absolute atomic E-state index is 0.0637. The standard InChI is InChI=1S/C18H21N3O/c22-18(17-10-16(20-21-17)13-8-9-13)19-11-14-6-3-5-12-4-1-2-7-15(12)14/h1-2,4,7,10,13-14H,3,5-6,8-9,11H2,(H,19,22)(H,20,21). The van der Waals surface area contributed by atoms with Crippen LogP contribution in [0, 0.1) is 0 Å². The van der Waals surface area contributed by atoms with Gasteiger partial charge < -0.3 is 5.32 Å². The zero-order chi connectivity index (χ0) is 14.9. The van der Waals surface area contributed by atoms with Gasteiger partial charge in [-0.15, -0.1) is 0 Å². The largest absolute Gasteiger partial charge is 0.350 e. The molecule has 1 aromatic carbocycles. The molecule has 0 saturated heterocycles. The van der Waals surface area contributed by atoms with Gasteiger partial charge in [-0.25, -0.2) is 0 Å². The number of aryl methyl sites for hydroxylation is 1. The fourth-order valence-corrected chi connectivity index (χ4v) is 3.43. The highest BCUT2D eigenvalue weighted by Crippen LogP contribution is 2.39. The zero-order valence-corrected chi connectivity index (χ0v) is 12.6. The second-order valence-electron chi connectivity index (χ2n) is 6.48. The number of fused-ring (bicyclic) bond motifs is 1. The summed E-state index contributed by atoms with van der Waals surface area (Å²) in [5.74, 6) is 0.959. The van der Waals surface area contributed by atoms with Crippen LogP contribution in [0.4, 0.5) is 0 Å². The maximum Gasteiger partial charge on any atom is 0.271 e. The van der Waals surface area contributed by atoms with Gasteiger partial charge in [0.2, 0.25) is 0 Å². The van der Waals surface area contributed by atoms with E-state index < -0.39 is 0 Å². The summed E-state index contributed by atoms with van der Waals surface area (Å²) < 4.78 is 0. The molecule has 2 aromatic rings. The summed E-state index contributed by atoms with van der Waals surface area (Å²) in [6.07, 6.45) is 5.92. The summed E-state index contributed by atoms with van der Waals surface area (Å²) >= 11 is 0. The first-order chi connectivity index (χ1) is 10.8. The van der Waals surface area contributed by atoms with Crippen molar-refractivity contribution in [3.63, 3.8) is 0 Å². The number of nitrogens with zero attached hydrogens (tertiary/aromatic N) is 1. The molecule has 2 N–H and O–H groups in total. The Morgan fingerprint density at radius 3 is 3.00 bits per heavy atom. The average Bonchev–Trinajstić information content (AvgIpc) is 3.29. The van der Waals surface area contributed by atoms with E-state index >= 15 is 0 Å². The molecule has 1 amide bonds. The number of amides is 1. The topological polar surface area (TPSA) is 57.8 Å². The maximum atomic E-state index is 12.3. The number of nitrogens with one attached hydrogen (secondary N) is 2. The van der Waals surface area contributed by atoms with Gasteiger partial charge in [-0.1, -0.05) is 24.3 Å². The Labute approximate surface area is 130 Å². The number of hydrogen-bond donors (Lipinski definition) is 2. The van der Waals surface area contributed by atoms with Crippen LogP contribution in [0.15, 0.2) is 30.3 Å². The van der Waals surface area contributed by atoms with E-state index in [1.165, 1.54) is 30.4 Å². The SMILES string of the molecule is O=C(NCC1CCCc2ccccc21)c1cc(C2CC2)[nH]n1. The van der Waals surface area contributed by atoms with E-state index in [0.717, 1.165) is 18.5 Å². The number of H-pyrrole nitrogens is 1. The fourth-order valence-electron chi connectivity index (χ4n) is 3.43. The predicted molar refractivity (Wildman–Crippen MR) is 85.0 cm³/mol. The quantitative estimate of drug-likeness (QED) is 0.910. The van der Waals surface area contributed by atoms with Crippen molar-refractivity contribution in [2.45, 2.75) is 43.9 Å². The van der Waals surface area contributed by atoms with E-state index in [-0.39, 0.29) is 5.91 Å². The zero-order valence-electron chi connectivity index (χ0n) is 12.6. The number of aromatic nitrogens is 2. The fraction of sp³-hybridized carbons (Fsp3) is 0.444. The van der Waals surface area contributed by atoms with Crippen LogP contribution in [0.5, 0.6) is 0 Å². The first-order valence-corrected chi connectivity index (χ1v) is 8.22. The van der Waals surface area contributed by atoms with Gasteiger partial charge in [0, 0.05) is 24.1 Å². The van der Waals surface area contributed by atoms with E-state index in [4.69, 9.17) is 0 Å². The normalized spacial score (nSPS) is 20.5. The minimum Gasteiger partial charge on any atom is -0.350 e. The van der Waals surface area contributed by atoms with Crippen LogP contribution in [0.1, 0.15) is 64.8 Å². The second kappa shape index (κ2) is 5.59. The summed E-state index contributed by atoms with van der Waals surface area (Å²) in [7, 11) is 0. The Hall–Kier alpha value is -2.10. The number of hydrogen-bond acceptors (Lipinski definition) is 2. The van der Waals surface area contributed by atoms with Crippen molar-refractivity contribution in [2.75, 3.05) is 6.54 Å². The Morgan fingerprint density at radius 2 is 2.14 bits per heavy atom. The summed E-state index contributed by atoms with van der Waals surface area (Å²) in [6, 6.07) is 10.5. The molecule has 1 saturated carbocycles. The predicted octanol–water partition coefficient (Wildman–Crippen LogP) is 3.14. The lowest BCUT2D eigenvalue weighted by Gasteiger charge is -2.25. The average molecular weight is 295 g/mol. The van der Waals surface area contributed by atoms with Crippen molar-refractivity contribution < 1.29 is 4.79 Å². The van der Waals surface area contributed by atoms with E-state index in [2.05, 4.69) is 39.8 Å². The molecule has 4 heteroatoms. The third kappa shape index (κ3) is 2.65. The smallest absolute Gasteiger partial charge is 0.271 e. The number of carbonyl (C=O) groups is 1. The molecule has 1 unspecified atom stereocenters. The van der Waals surface area contributed by atoms with Crippen molar-refractivity contribution >= 4 is 5.91 Å². The summed E-state index contributed by atoms with van der Waals surface area (Å²) in [5.41, 5.74) is 4.46. The molecule has 0 bridgehead atoms. The maximum absolute atomic E-state index is 12.3. The molecule has 1 aromatic heterocycles. The molecule has 4 nitrogen and oxygen atoms in total. The van der Waals surface area contributed by atoms with Crippen LogP contribution >= 0.6 is 0 Å². The Kier molecular flexibility index (Phi) is 3.45. The lowest BCUT2D eigenvalue weighted by molar-refractivity contribution is 0.0945. The van der Waals surface area contributed by atoms with E-state index in [0.29, 0.717) is 24.1 Å². The first-order valence-electron chi connectivity index (χ1n) is 8.22. The van der Waals surface area contributed by atoms with Crippen LogP contribution in [0.2, 0.25) is 0 Å². The highest BCUT2D eigenvalue weighted by atomic mass is 16.1. The highest BCUT2D eigenvalue weighted by Gasteiger charge is 2.27. The summed E-state index contributed by atoms with van der Waals surface area (Å²) in [5, 5.41) is 10.2. The third-order valence-electron chi connectivity index (χ3n) is 4.85. The number of carbonyl (C=O) groups excluding carboxylic acids is 1. The van der Waals surface area contributed by atoms with Gasteiger partial charge in [0.05, 0.1) is 0 Å². The molecule has 1 atom stereocenters. The van der Waals surface area contributed by atoms with Crippen LogP contribution in [-0.4, -0.2) is 22.6 Å². The first kappa shape index (κ1) is 13.6. The van der Waals surface area contributed by atoms with Crippen molar-refractivity contribution in [1.82, 2.24) is 15.5 Å². The van der Waals surface area contributed by atoms with Crippen molar-refractivity contribution in [1.29, 1.82) is 0 Å². The van der Waals surface area contributed by atoms with E-state index in [1.807, 2.05) is 6.07 Å². The van der Waals surface area contributed by atoms with Crippen LogP contribution in [-0.2, 0) is 6.42 Å². The molecular formula is C18H21N3O. The molecule has 2 aliphatic carbocycles. The molecule has 0 spiro atoms. The second-order valence-corrected chi connectivity index (χ2v) is 6.48. The van der Waals surface area contributed by atoms with Gasteiger partial charge in [0.25, 0.3) is 5.91 Å². The van der Waals surface area contributed by atoms with Crippen LogP contribution in [0.25, 0.3) is 0 Å². The van der Waals surface area contributed by atoms with Gasteiger partial charge in [-0.05, 0) is 49.3 Å². The number of aromatic amines is 1. The molecule has 22 heavy (non-hydrogen) atoms. The van der Waals surface area contributed by atoms with Gasteiger partial charge in [-0.3, -0.25) is 9.89 Å². The monoisotopic (exact) mass is 295 g/mol. The van der Waals surface area contributed by atoms with E-state index in [1.54, 1.807) is 0 Å². The molecule has 114 valence electrons. The van der Waals surface area contributed by atoms with Gasteiger partial charge in [0.15, 0.2) is 0 Å². The lowest BCUT2D eigenvalue weighted by Crippen LogP contribution is -2.30. The minimum atomic E-state index is -0.0637. The summed E-state index contributed by atoms with van der Waals surface area (Å²) in [4.78, 5) is 12.3. The Bertz CT molecular complexity index is 687. The lowest BCUT2D eigenvalue weighted by atomic mass is 9.83. The van der Waals surface area contributed by atoms with Crippen LogP contribution < -0.4 is 5.32 Å². The van der Waals surface area contributed by atoms with Crippen LogP contribution in [0.3, 0.4) is 0 Å². The highest BCUT2D eigenvalue weighted by molar-refractivity contribution is 5.92. The molecule has 0 radical (unpaired) electrons. The van der Waals surface area contributed by atoms with Gasteiger partial charge >= 0.3 is 0 Å². The number of rotatable bonds is 4. The molecular weight excluding hydrogens is 274 g/mol.